The van der Waals surface area contributed by atoms with Crippen LogP contribution in [0.25, 0.3) is 0 Å². The number of sulfonamides is 1. The van der Waals surface area contributed by atoms with Crippen LogP contribution < -0.4 is 14.4 Å². The Morgan fingerprint density at radius 1 is 0.875 bits per heavy atom. The first-order valence-electron chi connectivity index (χ1n) is 13.2. The molecule has 0 fully saturated rings. The quantitative estimate of drug-likeness (QED) is 0.362. The summed E-state index contributed by atoms with van der Waals surface area (Å²) in [7, 11) is -2.73. The molecule has 0 unspecified atom stereocenters. The van der Waals surface area contributed by atoms with Crippen molar-refractivity contribution in [2.75, 3.05) is 18.0 Å². The molecule has 9 heteroatoms. The van der Waals surface area contributed by atoms with Crippen molar-refractivity contribution in [2.45, 2.75) is 65.1 Å². The smallest absolute Gasteiger partial charge is 0.264 e. The van der Waals surface area contributed by atoms with Crippen LogP contribution in [0.2, 0.25) is 0 Å². The number of anilines is 1. The van der Waals surface area contributed by atoms with Crippen molar-refractivity contribution in [3.63, 3.8) is 0 Å². The van der Waals surface area contributed by atoms with Gasteiger partial charge in [-0.15, -0.1) is 0 Å². The van der Waals surface area contributed by atoms with E-state index in [-0.39, 0.29) is 29.1 Å². The molecule has 0 aromatic heterocycles. The Balaban J connectivity index is 2.11. The highest BCUT2D eigenvalue weighted by molar-refractivity contribution is 7.92. The Bertz CT molecular complexity index is 1450. The number of rotatable bonds is 11. The summed E-state index contributed by atoms with van der Waals surface area (Å²) in [6, 6.07) is 18.3. The molecule has 0 bridgehead atoms. The lowest BCUT2D eigenvalue weighted by atomic mass is 10.1. The SMILES string of the molecule is COc1ccc(C)cc1N(CC(=O)N(Cc1cccc(C)c1)[C@H](C)C(=O)NC(C)C)S(=O)(=O)c1ccc(C)cc1. The molecule has 214 valence electrons. The monoisotopic (exact) mass is 565 g/mol. The molecule has 2 amide bonds. The molecule has 40 heavy (non-hydrogen) atoms. The largest absolute Gasteiger partial charge is 0.495 e. The average molecular weight is 566 g/mol. The number of hydrogen-bond acceptors (Lipinski definition) is 5. The van der Waals surface area contributed by atoms with Gasteiger partial charge in [-0.3, -0.25) is 13.9 Å². The van der Waals surface area contributed by atoms with Gasteiger partial charge in [0.05, 0.1) is 17.7 Å². The zero-order valence-electron chi connectivity index (χ0n) is 24.3. The third kappa shape index (κ3) is 7.41. The Hall–Kier alpha value is -3.85. The first kappa shape index (κ1) is 30.7. The van der Waals surface area contributed by atoms with Gasteiger partial charge in [-0.25, -0.2) is 8.42 Å². The van der Waals surface area contributed by atoms with Gasteiger partial charge < -0.3 is 15.0 Å². The van der Waals surface area contributed by atoms with Crippen molar-refractivity contribution in [3.8, 4) is 5.75 Å². The number of amides is 2. The number of nitrogens with one attached hydrogen (secondary N) is 1. The van der Waals surface area contributed by atoms with Crippen LogP contribution in [-0.4, -0.2) is 50.9 Å². The summed E-state index contributed by atoms with van der Waals surface area (Å²) in [6.07, 6.45) is 0. The third-order valence-corrected chi connectivity index (χ3v) is 8.30. The van der Waals surface area contributed by atoms with Crippen LogP contribution in [-0.2, 0) is 26.2 Å². The molecule has 3 aromatic carbocycles. The minimum Gasteiger partial charge on any atom is -0.495 e. The van der Waals surface area contributed by atoms with E-state index >= 15 is 0 Å². The number of carbonyl (C=O) groups excluding carboxylic acids is 2. The van der Waals surface area contributed by atoms with E-state index in [1.54, 1.807) is 31.2 Å². The first-order valence-corrected chi connectivity index (χ1v) is 14.7. The van der Waals surface area contributed by atoms with Crippen molar-refractivity contribution < 1.29 is 22.7 Å². The van der Waals surface area contributed by atoms with Gasteiger partial charge in [0, 0.05) is 12.6 Å². The molecule has 0 spiro atoms. The molecule has 3 rings (SSSR count). The molecular weight excluding hydrogens is 526 g/mol. The van der Waals surface area contributed by atoms with Gasteiger partial charge in [0.25, 0.3) is 10.0 Å². The number of methoxy groups -OCH3 is 1. The van der Waals surface area contributed by atoms with Gasteiger partial charge in [0.1, 0.15) is 18.3 Å². The van der Waals surface area contributed by atoms with E-state index < -0.39 is 28.5 Å². The van der Waals surface area contributed by atoms with Crippen LogP contribution in [0, 0.1) is 20.8 Å². The Morgan fingerprint density at radius 2 is 1.50 bits per heavy atom. The number of nitrogens with zero attached hydrogens (tertiary/aromatic N) is 2. The molecule has 0 aliphatic heterocycles. The highest BCUT2D eigenvalue weighted by Gasteiger charge is 2.34. The summed E-state index contributed by atoms with van der Waals surface area (Å²) < 4.78 is 34.7. The molecule has 8 nitrogen and oxygen atoms in total. The molecule has 3 aromatic rings. The lowest BCUT2D eigenvalue weighted by Crippen LogP contribution is -2.52. The van der Waals surface area contributed by atoms with Gasteiger partial charge in [-0.2, -0.15) is 0 Å². The van der Waals surface area contributed by atoms with E-state index in [0.717, 1.165) is 26.6 Å². The number of aryl methyl sites for hydroxylation is 3. The van der Waals surface area contributed by atoms with Crippen LogP contribution in [0.5, 0.6) is 5.75 Å². The second-order valence-corrected chi connectivity index (χ2v) is 12.2. The summed E-state index contributed by atoms with van der Waals surface area (Å²) in [5.41, 5.74) is 3.79. The zero-order chi connectivity index (χ0) is 29.6. The van der Waals surface area contributed by atoms with Crippen molar-refractivity contribution in [3.05, 3.63) is 89.0 Å². The van der Waals surface area contributed by atoms with E-state index in [1.807, 2.05) is 65.0 Å². The van der Waals surface area contributed by atoms with Gasteiger partial charge in [0.15, 0.2) is 0 Å². The third-order valence-electron chi connectivity index (χ3n) is 6.52. The van der Waals surface area contributed by atoms with E-state index in [1.165, 1.54) is 24.1 Å². The van der Waals surface area contributed by atoms with Crippen LogP contribution in [0.4, 0.5) is 5.69 Å². The fourth-order valence-electron chi connectivity index (χ4n) is 4.34. The molecule has 0 saturated carbocycles. The van der Waals surface area contributed by atoms with Crippen LogP contribution in [0.1, 0.15) is 43.0 Å². The first-order chi connectivity index (χ1) is 18.8. The van der Waals surface area contributed by atoms with Crippen LogP contribution in [0.15, 0.2) is 71.6 Å². The highest BCUT2D eigenvalue weighted by atomic mass is 32.2. The van der Waals surface area contributed by atoms with Gasteiger partial charge in [0.2, 0.25) is 11.8 Å². The second kappa shape index (κ2) is 13.0. The molecule has 1 N–H and O–H groups in total. The summed E-state index contributed by atoms with van der Waals surface area (Å²) >= 11 is 0. The van der Waals surface area contributed by atoms with Crippen LogP contribution in [0.3, 0.4) is 0 Å². The Morgan fingerprint density at radius 3 is 2.10 bits per heavy atom. The van der Waals surface area contributed by atoms with Crippen molar-refractivity contribution in [2.24, 2.45) is 0 Å². The zero-order valence-corrected chi connectivity index (χ0v) is 25.1. The molecule has 0 saturated heterocycles. The maximum absolute atomic E-state index is 14.1. The minimum atomic E-state index is -4.19. The van der Waals surface area contributed by atoms with Gasteiger partial charge in [-0.05, 0) is 76.9 Å². The van der Waals surface area contributed by atoms with E-state index in [9.17, 15) is 18.0 Å². The maximum Gasteiger partial charge on any atom is 0.264 e. The summed E-state index contributed by atoms with van der Waals surface area (Å²) in [5.74, 6) is -0.533. The molecule has 0 heterocycles. The molecule has 0 aliphatic rings. The summed E-state index contributed by atoms with van der Waals surface area (Å²) in [5, 5.41) is 2.86. The highest BCUT2D eigenvalue weighted by Crippen LogP contribution is 2.34. The number of ether oxygens (including phenoxy) is 1. The minimum absolute atomic E-state index is 0.0466. The summed E-state index contributed by atoms with van der Waals surface area (Å²) in [4.78, 5) is 28.6. The number of hydrogen-bond donors (Lipinski definition) is 1. The molecular formula is C31H39N3O5S. The van der Waals surface area contributed by atoms with Crippen molar-refractivity contribution >= 4 is 27.5 Å². The van der Waals surface area contributed by atoms with Crippen LogP contribution >= 0.6 is 0 Å². The van der Waals surface area contributed by atoms with Crippen molar-refractivity contribution in [1.82, 2.24) is 10.2 Å². The molecule has 0 radical (unpaired) electrons. The number of benzene rings is 3. The van der Waals surface area contributed by atoms with E-state index in [2.05, 4.69) is 5.32 Å². The van der Waals surface area contributed by atoms with Crippen molar-refractivity contribution in [1.29, 1.82) is 0 Å². The maximum atomic E-state index is 14.1. The van der Waals surface area contributed by atoms with E-state index in [4.69, 9.17) is 4.74 Å². The molecule has 0 aliphatic carbocycles. The Labute approximate surface area is 238 Å². The predicted octanol–water partition coefficient (Wildman–Crippen LogP) is 4.76. The Kier molecular flexibility index (Phi) is 9.98. The topological polar surface area (TPSA) is 96.0 Å². The number of carbonyl (C=O) groups is 2. The van der Waals surface area contributed by atoms with Gasteiger partial charge >= 0.3 is 0 Å². The predicted molar refractivity (Wildman–Crippen MR) is 158 cm³/mol. The van der Waals surface area contributed by atoms with E-state index in [0.29, 0.717) is 5.75 Å². The summed E-state index contributed by atoms with van der Waals surface area (Å²) in [6.45, 7) is 10.6. The second-order valence-electron chi connectivity index (χ2n) is 10.3. The fourth-order valence-corrected chi connectivity index (χ4v) is 5.76. The average Bonchev–Trinajstić information content (AvgIpc) is 2.89. The standard InChI is InChI=1S/C31H39N3O5S/c1-21(2)32-31(36)25(6)33(19-26-10-8-9-23(4)17-26)30(35)20-34(28-18-24(5)13-16-29(28)39-7)40(37,38)27-14-11-22(3)12-15-27/h8-18,21,25H,19-20H2,1-7H3,(H,32,36)/t25-/m1/s1. The molecule has 1 atom stereocenters. The lowest BCUT2D eigenvalue weighted by molar-refractivity contribution is -0.139. The normalized spacial score (nSPS) is 12.1. The fraction of sp³-hybridized carbons (Fsp3) is 0.355. The lowest BCUT2D eigenvalue weighted by Gasteiger charge is -2.32. The van der Waals surface area contributed by atoms with Gasteiger partial charge in [-0.1, -0.05) is 53.6 Å².